The van der Waals surface area contributed by atoms with E-state index in [1.807, 2.05) is 18.2 Å². The third kappa shape index (κ3) is 46.8. The van der Waals surface area contributed by atoms with E-state index in [0.29, 0.717) is 24.0 Å². The van der Waals surface area contributed by atoms with Crippen LogP contribution in [0.1, 0.15) is 230 Å². The van der Waals surface area contributed by atoms with Gasteiger partial charge in [0.1, 0.15) is 73.1 Å². The Balaban J connectivity index is 1.04. The second-order valence-corrected chi connectivity index (χ2v) is 36.3. The number of imidazole rings is 1. The number of carboxylic acid groups (broad SMARTS) is 2. The molecule has 2 aromatic heterocycles. The van der Waals surface area contributed by atoms with Gasteiger partial charge < -0.3 is 142 Å². The Morgan fingerprint density at radius 1 is 0.559 bits per heavy atom. The average Bonchev–Trinajstić information content (AvgIpc) is 1.58. The summed E-state index contributed by atoms with van der Waals surface area (Å²) in [7, 11) is 0. The molecule has 2 saturated heterocycles. The van der Waals surface area contributed by atoms with Crippen LogP contribution in [-0.4, -0.2) is 309 Å². The van der Waals surface area contributed by atoms with Crippen molar-refractivity contribution < 1.29 is 121 Å². The van der Waals surface area contributed by atoms with Crippen molar-refractivity contribution in [3.05, 3.63) is 90.1 Å². The van der Waals surface area contributed by atoms with E-state index < -0.39 is 262 Å². The van der Waals surface area contributed by atoms with Gasteiger partial charge in [-0.1, -0.05) is 145 Å². The molecule has 13 atom stereocenters. The number of H-pyrrole nitrogens is 2. The minimum Gasteiger partial charge on any atom is -0.481 e. The van der Waals surface area contributed by atoms with Crippen LogP contribution in [0.3, 0.4) is 0 Å². The van der Waals surface area contributed by atoms with Crippen molar-refractivity contribution in [2.24, 2.45) is 17.2 Å². The number of aliphatic hydroxyl groups excluding tert-OH is 2. The number of aliphatic hydroxyl groups is 2. The number of carbonyl (C=O) groups excluding carboxylic acids is 17. The number of carboxylic acids is 2. The molecular formula is C97H149N23O25. The number of ketones is 1. The number of unbranched alkanes of at least 4 members (excludes halogenated alkanes) is 14. The molecule has 0 radical (unpaired) electrons. The number of aliphatic carboxylic acids is 2. The van der Waals surface area contributed by atoms with Crippen molar-refractivity contribution in [1.29, 1.82) is 5.41 Å². The van der Waals surface area contributed by atoms with Gasteiger partial charge in [0.15, 0.2) is 11.7 Å². The first-order valence-corrected chi connectivity index (χ1v) is 50.0. The highest BCUT2D eigenvalue weighted by molar-refractivity contribution is 6.01. The van der Waals surface area contributed by atoms with E-state index >= 15 is 14.4 Å². The van der Waals surface area contributed by atoms with Crippen LogP contribution in [0.25, 0.3) is 10.9 Å². The number of carbonyl (C=O) groups is 19. The monoisotopic (exact) mass is 2040 g/mol. The molecule has 0 unspecified atom stereocenters. The van der Waals surface area contributed by atoms with Crippen molar-refractivity contribution in [2.75, 3.05) is 72.3 Å². The molecule has 4 aromatic rings. The summed E-state index contributed by atoms with van der Waals surface area (Å²) in [6, 6.07) is -2.83. The molecule has 0 saturated carbocycles. The van der Waals surface area contributed by atoms with Crippen molar-refractivity contribution in [3.8, 4) is 0 Å². The van der Waals surface area contributed by atoms with Gasteiger partial charge in [-0.05, 0) is 94.7 Å². The molecule has 2 aliphatic heterocycles. The van der Waals surface area contributed by atoms with Gasteiger partial charge in [0, 0.05) is 114 Å². The summed E-state index contributed by atoms with van der Waals surface area (Å²) in [5.41, 5.74) is 19.3. The number of benzene rings is 2. The van der Waals surface area contributed by atoms with Gasteiger partial charge in [-0.25, -0.2) is 9.78 Å². The van der Waals surface area contributed by atoms with Crippen LogP contribution in [-0.2, 0) is 120 Å². The van der Waals surface area contributed by atoms with Gasteiger partial charge in [-0.3, -0.25) is 91.7 Å². The van der Waals surface area contributed by atoms with Gasteiger partial charge in [0.05, 0.1) is 57.1 Å². The van der Waals surface area contributed by atoms with Crippen molar-refractivity contribution in [2.45, 2.75) is 311 Å². The normalized spacial score (nSPS) is 18.5. The maximum Gasteiger partial charge on any atom is 0.326 e. The lowest BCUT2D eigenvalue weighted by Gasteiger charge is -2.31. The summed E-state index contributed by atoms with van der Waals surface area (Å²) in [5, 5.41) is 87.2. The maximum absolute atomic E-state index is 15.4. The molecule has 145 heavy (non-hydrogen) atoms. The lowest BCUT2D eigenvalue weighted by Crippen LogP contribution is -2.62. The number of aromatic amines is 2. The molecule has 2 aliphatic rings. The topological polar surface area (TPSA) is 754 Å². The molecule has 0 aliphatic carbocycles. The van der Waals surface area contributed by atoms with Gasteiger partial charge >= 0.3 is 11.9 Å². The van der Waals surface area contributed by atoms with E-state index in [0.717, 1.165) is 86.4 Å². The summed E-state index contributed by atoms with van der Waals surface area (Å²) in [4.78, 5) is 271. The number of nitrogens with zero attached hydrogens (tertiary/aromatic N) is 2. The van der Waals surface area contributed by atoms with E-state index in [4.69, 9.17) is 37.2 Å². The Labute approximate surface area is 841 Å². The Morgan fingerprint density at radius 2 is 1.14 bits per heavy atom. The van der Waals surface area contributed by atoms with Crippen LogP contribution in [0, 0.1) is 5.41 Å². The molecule has 6 rings (SSSR count). The molecule has 2 aromatic carbocycles. The number of para-hydroxylation sites is 1. The number of primary amides is 1. The second-order valence-electron chi connectivity index (χ2n) is 36.3. The Kier molecular flexibility index (Phi) is 55.6. The summed E-state index contributed by atoms with van der Waals surface area (Å²) in [6.45, 7) is -0.599. The number of guanidine groups is 1. The summed E-state index contributed by atoms with van der Waals surface area (Å²) in [5.74, 6) is -17.1. The minimum absolute atomic E-state index is 0.00516. The van der Waals surface area contributed by atoms with Crippen LogP contribution in [0.5, 0.6) is 0 Å². The Morgan fingerprint density at radius 3 is 1.79 bits per heavy atom. The largest absolute Gasteiger partial charge is 0.481 e. The van der Waals surface area contributed by atoms with Crippen LogP contribution in [0.2, 0.25) is 0 Å². The van der Waals surface area contributed by atoms with Gasteiger partial charge in [-0.2, -0.15) is 0 Å². The Bertz CT molecular complexity index is 4850. The molecule has 28 N–H and O–H groups in total. The molecule has 2 fully saturated rings. The van der Waals surface area contributed by atoms with Crippen LogP contribution < -0.4 is 97.0 Å². The minimum atomic E-state index is -1.80. The number of amides is 16. The number of fused-ring (bicyclic) bond motifs is 2. The first-order chi connectivity index (χ1) is 69.6. The van der Waals surface area contributed by atoms with Gasteiger partial charge in [0.25, 0.3) is 0 Å². The van der Waals surface area contributed by atoms with Gasteiger partial charge in [0.2, 0.25) is 94.5 Å². The maximum atomic E-state index is 15.4. The standard InChI is InChI=1S/C97H149N23O25/c1-3-4-30-68(86(132)115-71-37-40-80(125)103-42-25-24-31-66(60(2)122)111-90(136)74(49-62-53-106-67-32-23-22-29-65(62)67)116-87(133)69(33-26-43-105-97(100)101)112-89(135)73(48-61-27-18-17-19-28-61)118-94(140)78-51-64(123)56-120(78)95(71)141)113-92(138)76(52-98)119-91(137)75(50-63-54-102-59-108-63)117-88(134)70(36-39-79(99)124)114-93(139)77(57-121)110-83(128)55-107-84(129)58-145-47-46-144-45-44-104-81(126)41-38-72(96(142)143)109-82(127)34-20-15-13-11-9-7-5-6-8-10-12-14-16-21-35-85(130)131/h17-19,22-23,27-29,32,53-54,59,64,66,68-78,106,121,123H,3-16,20-21,24-26,30-31,33-52,55-58,98H2,1-2H3,(H2,99,124)(H,102,108)(H,103,125)(H,104,126)(H,107,129)(H,109,127)(H,110,128)(H,111,136)(H,112,135)(H,113,138)(H,114,139)(H,115,132)(H,116,133)(H,117,134)(H,118,140)(H,119,137)(H,130,131)(H,142,143)(H4,100,101,105)/t64-,66+,68+,69+,70+,71+,72+,73-,74+,75+,76+,77+,78+/m1/s1. The molecular weight excluding hydrogens is 1890 g/mol. The fourth-order valence-electron chi connectivity index (χ4n) is 16.4. The predicted octanol–water partition coefficient (Wildman–Crippen LogP) is -1.99. The molecule has 16 amide bonds. The number of hydrogen-bond donors (Lipinski definition) is 25. The SMILES string of the molecule is CCCC[C@H](NC(=O)[C@H](CN)NC(=O)[C@H](Cc1c[nH]cn1)NC(=O)[C@H](CCC(N)=O)NC(=O)[C@H](CO)NC(=O)CNC(=O)COCCOCCNC(=O)CC[C@H](NC(=O)CCCCCCCCCCCCCCCCC(=O)O)C(=O)O)C(=O)N[C@H]1CCC(=O)NCCCC[C@@H](C(C)=O)NC(=O)[C@H](Cc2c[nH]c3ccccc23)NC(=O)[C@H](CCCNC(=N)N)NC(=O)[C@@H](Cc2ccccc2)NC(=O)[C@@H]2C[C@@H](O)CN2C1=O. The van der Waals surface area contributed by atoms with E-state index in [2.05, 4.69) is 94.7 Å². The van der Waals surface area contributed by atoms with Crippen molar-refractivity contribution in [1.82, 2.24) is 99.6 Å². The molecule has 802 valence electrons. The predicted molar refractivity (Wildman–Crippen MR) is 528 cm³/mol. The number of ether oxygens (including phenoxy) is 2. The van der Waals surface area contributed by atoms with E-state index in [9.17, 15) is 92.0 Å². The molecule has 0 bridgehead atoms. The number of hydrogen-bond acceptors (Lipinski definition) is 26. The lowest BCUT2D eigenvalue weighted by molar-refractivity contribution is -0.143. The first-order valence-electron chi connectivity index (χ1n) is 50.0. The van der Waals surface area contributed by atoms with E-state index in [-0.39, 0.29) is 135 Å². The Hall–Kier alpha value is -13.6. The van der Waals surface area contributed by atoms with Crippen LogP contribution in [0.4, 0.5) is 0 Å². The quantitative estimate of drug-likeness (QED) is 0.0129. The summed E-state index contributed by atoms with van der Waals surface area (Å²) >= 11 is 0. The number of rotatable bonds is 62. The number of Topliss-reactive ketones (excluding diaryl/α,β-unsaturated/α-hetero) is 1. The summed E-state index contributed by atoms with van der Waals surface area (Å²) < 4.78 is 10.7. The molecule has 4 heterocycles. The van der Waals surface area contributed by atoms with Crippen molar-refractivity contribution in [3.63, 3.8) is 0 Å². The average molecular weight is 2040 g/mol. The fourth-order valence-corrected chi connectivity index (χ4v) is 16.4. The van der Waals surface area contributed by atoms with Crippen LogP contribution >= 0.6 is 0 Å². The van der Waals surface area contributed by atoms with E-state index in [1.54, 1.807) is 49.5 Å². The van der Waals surface area contributed by atoms with Crippen molar-refractivity contribution >= 4 is 129 Å². The highest BCUT2D eigenvalue weighted by Gasteiger charge is 2.45. The molecule has 48 nitrogen and oxygen atoms in total. The third-order valence-electron chi connectivity index (χ3n) is 24.5. The van der Waals surface area contributed by atoms with Crippen LogP contribution in [0.15, 0.2) is 73.3 Å². The number of aromatic nitrogens is 3. The third-order valence-corrected chi connectivity index (χ3v) is 24.5. The fraction of sp³-hybridized carbons (Fsp3) is 0.619. The highest BCUT2D eigenvalue weighted by atomic mass is 16.5. The highest BCUT2D eigenvalue weighted by Crippen LogP contribution is 2.25. The molecule has 48 heteroatoms. The zero-order valence-electron chi connectivity index (χ0n) is 82.7. The lowest BCUT2D eigenvalue weighted by atomic mass is 10.0. The number of nitrogens with one attached hydrogen (secondary N) is 18. The first kappa shape index (κ1) is 120. The summed E-state index contributed by atoms with van der Waals surface area (Å²) in [6.07, 6.45) is 15.1. The zero-order valence-corrected chi connectivity index (χ0v) is 82.7. The van der Waals surface area contributed by atoms with Gasteiger partial charge in [-0.15, -0.1) is 0 Å². The molecule has 0 spiro atoms. The number of nitrogens with two attached hydrogens (primary N) is 3. The zero-order chi connectivity index (χ0) is 106. The second kappa shape index (κ2) is 67.1. The van der Waals surface area contributed by atoms with E-state index in [1.165, 1.54) is 32.3 Å². The smallest absolute Gasteiger partial charge is 0.326 e.